The summed E-state index contributed by atoms with van der Waals surface area (Å²) in [6.45, 7) is 2.51. The van der Waals surface area contributed by atoms with Crippen molar-refractivity contribution < 1.29 is 34.7 Å². The monoisotopic (exact) mass is 252 g/mol. The zero-order chi connectivity index (χ0) is 13.9. The average Bonchev–Trinajstić information content (AvgIpc) is 2.34. The van der Waals surface area contributed by atoms with Crippen LogP contribution < -0.4 is 0 Å². The van der Waals surface area contributed by atoms with Gasteiger partial charge in [0.25, 0.3) is 0 Å². The van der Waals surface area contributed by atoms with Gasteiger partial charge >= 0.3 is 0 Å². The van der Waals surface area contributed by atoms with Gasteiger partial charge in [0.2, 0.25) is 5.79 Å². The SMILES string of the molecule is CC[C@](O)([C@](C)(O)OC)[C@](O)(OC)[C@@H](O)C=O. The van der Waals surface area contributed by atoms with E-state index in [1.807, 2.05) is 0 Å². The smallest absolute Gasteiger partial charge is 0.234 e. The summed E-state index contributed by atoms with van der Waals surface area (Å²) >= 11 is 0. The van der Waals surface area contributed by atoms with Crippen molar-refractivity contribution >= 4 is 6.29 Å². The standard InChI is InChI=1S/C10H20O7/c1-5-9(14,8(2,13)16-3)10(15,17-4)7(12)6-11/h6-7,12-15H,5H2,1-4H3/t7-,8+,9-,10+/m0/s1. The summed E-state index contributed by atoms with van der Waals surface area (Å²) < 4.78 is 9.29. The fraction of sp³-hybridized carbons (Fsp3) is 0.900. The summed E-state index contributed by atoms with van der Waals surface area (Å²) in [6.07, 6.45) is -2.28. The van der Waals surface area contributed by atoms with Crippen molar-refractivity contribution in [2.75, 3.05) is 14.2 Å². The molecule has 7 nitrogen and oxygen atoms in total. The fourth-order valence-corrected chi connectivity index (χ4v) is 1.71. The third kappa shape index (κ3) is 2.35. The highest BCUT2D eigenvalue weighted by Gasteiger charge is 2.63. The number of methoxy groups -OCH3 is 2. The highest BCUT2D eigenvalue weighted by atomic mass is 16.7. The van der Waals surface area contributed by atoms with Gasteiger partial charge in [-0.3, -0.25) is 0 Å². The Morgan fingerprint density at radius 1 is 1.24 bits per heavy atom. The lowest BCUT2D eigenvalue weighted by atomic mass is 9.79. The molecule has 0 saturated carbocycles. The van der Waals surface area contributed by atoms with Crippen LogP contribution in [-0.2, 0) is 14.3 Å². The van der Waals surface area contributed by atoms with Gasteiger partial charge in [0.05, 0.1) is 0 Å². The molecule has 0 amide bonds. The summed E-state index contributed by atoms with van der Waals surface area (Å²) in [5, 5.41) is 39.7. The molecule has 4 atom stereocenters. The summed E-state index contributed by atoms with van der Waals surface area (Å²) in [5.74, 6) is -4.92. The van der Waals surface area contributed by atoms with Gasteiger partial charge in [0.15, 0.2) is 23.8 Å². The molecule has 0 aliphatic heterocycles. The van der Waals surface area contributed by atoms with Crippen LogP contribution in [0.4, 0.5) is 0 Å². The molecule has 0 radical (unpaired) electrons. The third-order valence-electron chi connectivity index (χ3n) is 3.11. The van der Waals surface area contributed by atoms with E-state index in [9.17, 15) is 25.2 Å². The number of carbonyl (C=O) groups excluding carboxylic acids is 1. The first kappa shape index (κ1) is 16.4. The Morgan fingerprint density at radius 3 is 1.94 bits per heavy atom. The van der Waals surface area contributed by atoms with E-state index in [1.165, 1.54) is 6.92 Å². The Balaban J connectivity index is 5.68. The molecule has 0 saturated heterocycles. The fourth-order valence-electron chi connectivity index (χ4n) is 1.71. The Hall–Kier alpha value is -0.570. The van der Waals surface area contributed by atoms with Gasteiger partial charge in [-0.05, 0) is 13.3 Å². The van der Waals surface area contributed by atoms with E-state index in [0.29, 0.717) is 0 Å². The van der Waals surface area contributed by atoms with E-state index in [2.05, 4.69) is 9.47 Å². The van der Waals surface area contributed by atoms with Gasteiger partial charge in [-0.2, -0.15) is 0 Å². The second-order valence-electron chi connectivity index (χ2n) is 3.88. The van der Waals surface area contributed by atoms with Crippen molar-refractivity contribution in [3.05, 3.63) is 0 Å². The number of hydrogen-bond acceptors (Lipinski definition) is 7. The molecule has 0 fully saturated rings. The molecule has 7 heteroatoms. The first-order chi connectivity index (χ1) is 7.66. The van der Waals surface area contributed by atoms with E-state index in [4.69, 9.17) is 0 Å². The summed E-state index contributed by atoms with van der Waals surface area (Å²) in [4.78, 5) is 10.6. The summed E-state index contributed by atoms with van der Waals surface area (Å²) in [7, 11) is 2.09. The van der Waals surface area contributed by atoms with Gasteiger partial charge in [-0.25, -0.2) is 0 Å². The largest absolute Gasteiger partial charge is 0.380 e. The molecule has 0 aromatic rings. The zero-order valence-electron chi connectivity index (χ0n) is 10.4. The van der Waals surface area contributed by atoms with Gasteiger partial charge in [-0.1, -0.05) is 6.92 Å². The molecule has 17 heavy (non-hydrogen) atoms. The molecule has 4 N–H and O–H groups in total. The third-order valence-corrected chi connectivity index (χ3v) is 3.11. The van der Waals surface area contributed by atoms with E-state index in [1.54, 1.807) is 0 Å². The number of hydrogen-bond donors (Lipinski definition) is 4. The summed E-state index contributed by atoms with van der Waals surface area (Å²) in [5.41, 5.74) is -2.40. The quantitative estimate of drug-likeness (QED) is 0.318. The van der Waals surface area contributed by atoms with Crippen molar-refractivity contribution in [1.29, 1.82) is 0 Å². The zero-order valence-corrected chi connectivity index (χ0v) is 10.4. The molecule has 102 valence electrons. The van der Waals surface area contributed by atoms with Gasteiger partial charge < -0.3 is 34.7 Å². The van der Waals surface area contributed by atoms with Crippen molar-refractivity contribution in [2.45, 2.75) is 43.5 Å². The molecule has 0 bridgehead atoms. The maximum Gasteiger partial charge on any atom is 0.234 e. The molecule has 0 aliphatic rings. The molecular weight excluding hydrogens is 232 g/mol. The topological polar surface area (TPSA) is 116 Å². The second kappa shape index (κ2) is 5.38. The molecular formula is C10H20O7. The van der Waals surface area contributed by atoms with Gasteiger partial charge in [0, 0.05) is 14.2 Å². The van der Waals surface area contributed by atoms with Crippen molar-refractivity contribution in [1.82, 2.24) is 0 Å². The lowest BCUT2D eigenvalue weighted by molar-refractivity contribution is -0.399. The van der Waals surface area contributed by atoms with Crippen LogP contribution in [0.2, 0.25) is 0 Å². The normalized spacial score (nSPS) is 24.2. The van der Waals surface area contributed by atoms with E-state index < -0.39 is 23.3 Å². The van der Waals surface area contributed by atoms with Crippen LogP contribution in [0.1, 0.15) is 20.3 Å². The van der Waals surface area contributed by atoms with Crippen LogP contribution in [0.5, 0.6) is 0 Å². The lowest BCUT2D eigenvalue weighted by Gasteiger charge is -2.49. The molecule has 0 spiro atoms. The maximum atomic E-state index is 10.6. The molecule has 0 aromatic heterocycles. The second-order valence-corrected chi connectivity index (χ2v) is 3.88. The summed E-state index contributed by atoms with van der Waals surface area (Å²) in [6, 6.07) is 0. The van der Waals surface area contributed by atoms with E-state index in [-0.39, 0.29) is 12.7 Å². The maximum absolute atomic E-state index is 10.6. The van der Waals surface area contributed by atoms with Gasteiger partial charge in [-0.15, -0.1) is 0 Å². The van der Waals surface area contributed by atoms with Crippen LogP contribution in [0.15, 0.2) is 0 Å². The minimum Gasteiger partial charge on any atom is -0.380 e. The Labute approximate surface area is 99.6 Å². The Kier molecular flexibility index (Phi) is 5.20. The van der Waals surface area contributed by atoms with E-state index in [0.717, 1.165) is 21.1 Å². The molecule has 0 unspecified atom stereocenters. The number of ether oxygens (including phenoxy) is 2. The lowest BCUT2D eigenvalue weighted by Crippen LogP contribution is -2.72. The first-order valence-electron chi connectivity index (χ1n) is 5.07. The molecule has 0 aromatic carbocycles. The van der Waals surface area contributed by atoms with Crippen LogP contribution in [-0.4, -0.2) is 64.2 Å². The van der Waals surface area contributed by atoms with Crippen LogP contribution in [0.25, 0.3) is 0 Å². The van der Waals surface area contributed by atoms with Crippen molar-refractivity contribution in [3.8, 4) is 0 Å². The Bertz CT molecular complexity index is 267. The highest BCUT2D eigenvalue weighted by Crippen LogP contribution is 2.38. The average molecular weight is 252 g/mol. The van der Waals surface area contributed by atoms with Crippen molar-refractivity contribution in [2.24, 2.45) is 0 Å². The molecule has 0 aliphatic carbocycles. The Morgan fingerprint density at radius 2 is 1.71 bits per heavy atom. The number of aliphatic hydroxyl groups excluding tert-OH is 1. The predicted octanol–water partition coefficient (Wildman–Crippen LogP) is -1.62. The number of aliphatic hydroxyl groups is 4. The predicted molar refractivity (Wildman–Crippen MR) is 56.9 cm³/mol. The first-order valence-corrected chi connectivity index (χ1v) is 5.07. The minimum atomic E-state index is -2.69. The number of aldehydes is 1. The number of carbonyl (C=O) groups is 1. The van der Waals surface area contributed by atoms with Crippen molar-refractivity contribution in [3.63, 3.8) is 0 Å². The number of rotatable bonds is 7. The van der Waals surface area contributed by atoms with E-state index >= 15 is 0 Å². The van der Waals surface area contributed by atoms with Crippen LogP contribution in [0.3, 0.4) is 0 Å². The molecule has 0 rings (SSSR count). The van der Waals surface area contributed by atoms with Crippen LogP contribution >= 0.6 is 0 Å². The minimum absolute atomic E-state index is 0.00410. The highest BCUT2D eigenvalue weighted by molar-refractivity contribution is 5.58. The molecule has 0 heterocycles. The van der Waals surface area contributed by atoms with Gasteiger partial charge in [0.1, 0.15) is 0 Å². The van der Waals surface area contributed by atoms with Crippen LogP contribution in [0, 0.1) is 0 Å².